The van der Waals surface area contributed by atoms with Crippen LogP contribution in [-0.4, -0.2) is 55.5 Å². The molecule has 0 unspecified atom stereocenters. The Morgan fingerprint density at radius 1 is 1.39 bits per heavy atom. The molecule has 0 radical (unpaired) electrons. The minimum atomic E-state index is -3.80. The number of alkyl halides is 3. The lowest BCUT2D eigenvalue weighted by atomic mass is 10.0. The fourth-order valence-electron chi connectivity index (χ4n) is 1.93. The summed E-state index contributed by atoms with van der Waals surface area (Å²) in [4.78, 5) is 0. The van der Waals surface area contributed by atoms with E-state index in [9.17, 15) is 17.2 Å². The molecule has 8 heteroatoms. The molecule has 0 atom stereocenters. The van der Waals surface area contributed by atoms with Gasteiger partial charge in [0.2, 0.25) is 0 Å². The standard InChI is InChI=1S/C10H19ClF2N2O2S/c1-9-2-5-14(6-3-9)18(16,17)15(7-4-11)8-10(12)13/h9-10H,2-8H2,1H3. The van der Waals surface area contributed by atoms with Gasteiger partial charge in [-0.25, -0.2) is 8.78 Å². The lowest BCUT2D eigenvalue weighted by molar-refractivity contribution is 0.117. The van der Waals surface area contributed by atoms with Gasteiger partial charge in [0.25, 0.3) is 16.6 Å². The highest BCUT2D eigenvalue weighted by Gasteiger charge is 2.33. The molecule has 1 heterocycles. The van der Waals surface area contributed by atoms with Crippen LogP contribution in [0.25, 0.3) is 0 Å². The van der Waals surface area contributed by atoms with Crippen LogP contribution in [0.3, 0.4) is 0 Å². The quantitative estimate of drug-likeness (QED) is 0.702. The van der Waals surface area contributed by atoms with Crippen LogP contribution < -0.4 is 0 Å². The second-order valence-electron chi connectivity index (χ2n) is 4.53. The Balaban J connectivity index is 2.74. The summed E-state index contributed by atoms with van der Waals surface area (Å²) < 4.78 is 51.2. The maximum atomic E-state index is 12.4. The van der Waals surface area contributed by atoms with Crippen LogP contribution in [-0.2, 0) is 10.2 Å². The lowest BCUT2D eigenvalue weighted by Gasteiger charge is -2.33. The van der Waals surface area contributed by atoms with Crippen molar-refractivity contribution in [3.63, 3.8) is 0 Å². The Hall–Kier alpha value is 0.0200. The van der Waals surface area contributed by atoms with Crippen LogP contribution in [0.5, 0.6) is 0 Å². The lowest BCUT2D eigenvalue weighted by Crippen LogP contribution is -2.48. The van der Waals surface area contributed by atoms with E-state index in [1.807, 2.05) is 0 Å². The summed E-state index contributed by atoms with van der Waals surface area (Å²) in [6.07, 6.45) is -1.16. The summed E-state index contributed by atoms with van der Waals surface area (Å²) in [5, 5.41) is 0. The molecule has 0 aliphatic carbocycles. The van der Waals surface area contributed by atoms with Gasteiger partial charge in [0, 0.05) is 25.5 Å². The van der Waals surface area contributed by atoms with Gasteiger partial charge in [-0.05, 0) is 18.8 Å². The average molecular weight is 305 g/mol. The van der Waals surface area contributed by atoms with Crippen LogP contribution in [0.4, 0.5) is 8.78 Å². The Bertz CT molecular complexity index is 346. The highest BCUT2D eigenvalue weighted by molar-refractivity contribution is 7.86. The van der Waals surface area contributed by atoms with E-state index in [1.54, 1.807) is 0 Å². The molecule has 0 amide bonds. The summed E-state index contributed by atoms with van der Waals surface area (Å²) >= 11 is 5.48. The summed E-state index contributed by atoms with van der Waals surface area (Å²) in [5.74, 6) is 0.490. The van der Waals surface area contributed by atoms with Crippen molar-refractivity contribution in [1.29, 1.82) is 0 Å². The fraction of sp³-hybridized carbons (Fsp3) is 1.00. The molecule has 1 aliphatic heterocycles. The molecule has 0 saturated carbocycles. The molecule has 0 aromatic rings. The number of rotatable bonds is 6. The maximum Gasteiger partial charge on any atom is 0.282 e. The van der Waals surface area contributed by atoms with E-state index in [-0.39, 0.29) is 12.4 Å². The van der Waals surface area contributed by atoms with Crippen molar-refractivity contribution < 1.29 is 17.2 Å². The van der Waals surface area contributed by atoms with Crippen molar-refractivity contribution in [1.82, 2.24) is 8.61 Å². The zero-order chi connectivity index (χ0) is 13.8. The predicted octanol–water partition coefficient (Wildman–Crippen LogP) is 1.77. The molecular weight excluding hydrogens is 286 g/mol. The highest BCUT2D eigenvalue weighted by Crippen LogP contribution is 2.21. The number of hydrogen-bond donors (Lipinski definition) is 0. The van der Waals surface area contributed by atoms with Gasteiger partial charge in [-0.2, -0.15) is 17.0 Å². The smallest absolute Gasteiger partial charge is 0.209 e. The van der Waals surface area contributed by atoms with Gasteiger partial charge < -0.3 is 0 Å². The van der Waals surface area contributed by atoms with Crippen LogP contribution in [0.15, 0.2) is 0 Å². The molecule has 0 aromatic heterocycles. The number of halogens is 3. The number of nitrogens with zero attached hydrogens (tertiary/aromatic N) is 2. The molecule has 0 aromatic carbocycles. The van der Waals surface area contributed by atoms with Crippen molar-refractivity contribution in [3.8, 4) is 0 Å². The average Bonchev–Trinajstić information content (AvgIpc) is 2.28. The van der Waals surface area contributed by atoms with Crippen LogP contribution in [0.1, 0.15) is 19.8 Å². The van der Waals surface area contributed by atoms with Crippen molar-refractivity contribution in [3.05, 3.63) is 0 Å². The number of hydrogen-bond acceptors (Lipinski definition) is 2. The Kier molecular flexibility index (Phi) is 6.23. The third kappa shape index (κ3) is 4.29. The van der Waals surface area contributed by atoms with E-state index in [4.69, 9.17) is 11.6 Å². The first kappa shape index (κ1) is 16.1. The molecule has 108 valence electrons. The van der Waals surface area contributed by atoms with E-state index in [2.05, 4.69) is 6.92 Å². The van der Waals surface area contributed by atoms with Gasteiger partial charge >= 0.3 is 0 Å². The van der Waals surface area contributed by atoms with Gasteiger partial charge in [0.05, 0.1) is 6.54 Å². The summed E-state index contributed by atoms with van der Waals surface area (Å²) in [6, 6.07) is 0. The van der Waals surface area contributed by atoms with Crippen molar-refractivity contribution >= 4 is 21.8 Å². The predicted molar refractivity (Wildman–Crippen MR) is 67.2 cm³/mol. The van der Waals surface area contributed by atoms with E-state index < -0.39 is 23.2 Å². The summed E-state index contributed by atoms with van der Waals surface area (Å²) in [5.41, 5.74) is 0. The van der Waals surface area contributed by atoms with Crippen molar-refractivity contribution in [2.45, 2.75) is 26.2 Å². The molecule has 1 saturated heterocycles. The zero-order valence-electron chi connectivity index (χ0n) is 10.4. The molecule has 0 N–H and O–H groups in total. The minimum absolute atomic E-state index is 0.0101. The van der Waals surface area contributed by atoms with Crippen molar-refractivity contribution in [2.24, 2.45) is 5.92 Å². The van der Waals surface area contributed by atoms with Crippen LogP contribution in [0.2, 0.25) is 0 Å². The first-order valence-electron chi connectivity index (χ1n) is 5.97. The maximum absolute atomic E-state index is 12.4. The van der Waals surface area contributed by atoms with Gasteiger partial charge in [-0.15, -0.1) is 11.6 Å². The first-order chi connectivity index (χ1) is 8.37. The topological polar surface area (TPSA) is 40.6 Å². The summed E-state index contributed by atoms with van der Waals surface area (Å²) in [7, 11) is -3.80. The highest BCUT2D eigenvalue weighted by atomic mass is 35.5. The normalized spacial score (nSPS) is 19.9. The largest absolute Gasteiger partial charge is 0.282 e. The third-order valence-corrected chi connectivity index (χ3v) is 5.24. The van der Waals surface area contributed by atoms with E-state index >= 15 is 0 Å². The second-order valence-corrected chi connectivity index (χ2v) is 6.83. The van der Waals surface area contributed by atoms with E-state index in [0.717, 1.165) is 17.1 Å². The van der Waals surface area contributed by atoms with E-state index in [0.29, 0.717) is 19.0 Å². The Morgan fingerprint density at radius 3 is 2.39 bits per heavy atom. The van der Waals surface area contributed by atoms with Gasteiger partial charge in [0.15, 0.2) is 0 Å². The Morgan fingerprint density at radius 2 is 1.94 bits per heavy atom. The van der Waals surface area contributed by atoms with Crippen LogP contribution in [0, 0.1) is 5.92 Å². The molecule has 1 aliphatic rings. The SMILES string of the molecule is CC1CCN(S(=O)(=O)N(CCCl)CC(F)F)CC1. The molecule has 1 rings (SSSR count). The minimum Gasteiger partial charge on any atom is -0.209 e. The molecule has 4 nitrogen and oxygen atoms in total. The fourth-order valence-corrected chi connectivity index (χ4v) is 3.85. The second kappa shape index (κ2) is 6.98. The molecule has 18 heavy (non-hydrogen) atoms. The van der Waals surface area contributed by atoms with Crippen molar-refractivity contribution in [2.75, 3.05) is 32.1 Å². The molecular formula is C10H19ClF2N2O2S. The number of piperidine rings is 1. The molecule has 0 bridgehead atoms. The monoisotopic (exact) mass is 304 g/mol. The third-order valence-electron chi connectivity index (χ3n) is 3.07. The first-order valence-corrected chi connectivity index (χ1v) is 7.90. The Labute approximate surface area is 112 Å². The van der Waals surface area contributed by atoms with Gasteiger partial charge in [-0.1, -0.05) is 6.92 Å². The van der Waals surface area contributed by atoms with Gasteiger partial charge in [0.1, 0.15) is 0 Å². The van der Waals surface area contributed by atoms with E-state index in [1.165, 1.54) is 4.31 Å². The van der Waals surface area contributed by atoms with Crippen LogP contribution >= 0.6 is 11.6 Å². The van der Waals surface area contributed by atoms with Gasteiger partial charge in [-0.3, -0.25) is 0 Å². The molecule has 1 fully saturated rings. The summed E-state index contributed by atoms with van der Waals surface area (Å²) in [6.45, 7) is 1.97. The molecule has 0 spiro atoms. The zero-order valence-corrected chi connectivity index (χ0v) is 11.9.